The van der Waals surface area contributed by atoms with Crippen molar-refractivity contribution >= 4 is 0 Å². The zero-order chi connectivity index (χ0) is 9.14. The van der Waals surface area contributed by atoms with E-state index in [4.69, 9.17) is 0 Å². The molecule has 0 unspecified atom stereocenters. The molecule has 0 atom stereocenters. The van der Waals surface area contributed by atoms with Crippen LogP contribution in [-0.4, -0.2) is 36.5 Å². The van der Waals surface area contributed by atoms with Crippen molar-refractivity contribution in [3.63, 3.8) is 0 Å². The number of hydrogen-bond acceptors (Lipinski definition) is 2. The van der Waals surface area contributed by atoms with Gasteiger partial charge in [-0.2, -0.15) is 0 Å². The third kappa shape index (κ3) is 1.81. The van der Waals surface area contributed by atoms with Crippen LogP contribution in [0.2, 0.25) is 0 Å². The normalized spacial score (nSPS) is 16.8. The SMILES string of the molecule is CC(C)N1CC=CC=C1N(C)C. The number of hydrogen-bond donors (Lipinski definition) is 0. The van der Waals surface area contributed by atoms with E-state index in [0.717, 1.165) is 6.54 Å². The molecule has 68 valence electrons. The second-order valence-corrected chi connectivity index (χ2v) is 3.59. The van der Waals surface area contributed by atoms with E-state index in [9.17, 15) is 0 Å². The maximum Gasteiger partial charge on any atom is 0.104 e. The highest BCUT2D eigenvalue weighted by Gasteiger charge is 2.14. The Balaban J connectivity index is 2.77. The van der Waals surface area contributed by atoms with Crippen LogP contribution in [0, 0.1) is 0 Å². The Labute approximate surface area is 75.2 Å². The molecule has 0 saturated carbocycles. The third-order valence-electron chi connectivity index (χ3n) is 2.06. The Hall–Kier alpha value is -0.920. The quantitative estimate of drug-likeness (QED) is 0.615. The summed E-state index contributed by atoms with van der Waals surface area (Å²) >= 11 is 0. The summed E-state index contributed by atoms with van der Waals surface area (Å²) < 4.78 is 0. The monoisotopic (exact) mass is 166 g/mol. The number of nitrogens with zero attached hydrogens (tertiary/aromatic N) is 2. The first-order chi connectivity index (χ1) is 5.63. The van der Waals surface area contributed by atoms with Gasteiger partial charge < -0.3 is 9.80 Å². The largest absolute Gasteiger partial charge is 0.364 e. The Morgan fingerprint density at radius 1 is 1.42 bits per heavy atom. The fourth-order valence-electron chi connectivity index (χ4n) is 1.40. The molecule has 1 aliphatic heterocycles. The first-order valence-corrected chi connectivity index (χ1v) is 4.43. The molecule has 2 heteroatoms. The lowest BCUT2D eigenvalue weighted by molar-refractivity contribution is 0.231. The molecule has 1 rings (SSSR count). The first kappa shape index (κ1) is 9.17. The highest BCUT2D eigenvalue weighted by Crippen LogP contribution is 2.14. The third-order valence-corrected chi connectivity index (χ3v) is 2.06. The predicted octanol–water partition coefficient (Wildman–Crippen LogP) is 1.67. The molecule has 0 aromatic heterocycles. The summed E-state index contributed by atoms with van der Waals surface area (Å²) in [4.78, 5) is 4.53. The lowest BCUT2D eigenvalue weighted by atomic mass is 10.2. The average Bonchev–Trinajstić information content (AvgIpc) is 2.04. The van der Waals surface area contributed by atoms with E-state index < -0.39 is 0 Å². The van der Waals surface area contributed by atoms with Crippen molar-refractivity contribution in [1.82, 2.24) is 9.80 Å². The Bertz CT molecular complexity index is 202. The molecule has 0 spiro atoms. The Kier molecular flexibility index (Phi) is 2.79. The van der Waals surface area contributed by atoms with E-state index in [1.165, 1.54) is 5.82 Å². The van der Waals surface area contributed by atoms with E-state index in [0.29, 0.717) is 6.04 Å². The molecule has 0 radical (unpaired) electrons. The van der Waals surface area contributed by atoms with E-state index in [1.807, 2.05) is 0 Å². The van der Waals surface area contributed by atoms with Crippen LogP contribution in [0.5, 0.6) is 0 Å². The van der Waals surface area contributed by atoms with Crippen molar-refractivity contribution in [1.29, 1.82) is 0 Å². The van der Waals surface area contributed by atoms with Crippen molar-refractivity contribution in [3.05, 3.63) is 24.0 Å². The van der Waals surface area contributed by atoms with Crippen LogP contribution in [0.25, 0.3) is 0 Å². The Morgan fingerprint density at radius 2 is 2.08 bits per heavy atom. The van der Waals surface area contributed by atoms with E-state index in [-0.39, 0.29) is 0 Å². The minimum Gasteiger partial charge on any atom is -0.364 e. The van der Waals surface area contributed by atoms with Crippen molar-refractivity contribution in [2.45, 2.75) is 19.9 Å². The summed E-state index contributed by atoms with van der Waals surface area (Å²) in [6.07, 6.45) is 6.46. The average molecular weight is 166 g/mol. The van der Waals surface area contributed by atoms with Crippen LogP contribution in [0.4, 0.5) is 0 Å². The summed E-state index contributed by atoms with van der Waals surface area (Å²) in [5.74, 6) is 1.30. The van der Waals surface area contributed by atoms with Gasteiger partial charge in [0.15, 0.2) is 0 Å². The van der Waals surface area contributed by atoms with Gasteiger partial charge in [0.1, 0.15) is 5.82 Å². The second kappa shape index (κ2) is 3.65. The van der Waals surface area contributed by atoms with Gasteiger partial charge in [-0.1, -0.05) is 12.2 Å². The predicted molar refractivity (Wildman–Crippen MR) is 52.8 cm³/mol. The lowest BCUT2D eigenvalue weighted by Gasteiger charge is -2.35. The fourth-order valence-corrected chi connectivity index (χ4v) is 1.40. The van der Waals surface area contributed by atoms with Gasteiger partial charge in [-0.25, -0.2) is 0 Å². The van der Waals surface area contributed by atoms with Gasteiger partial charge in [-0.15, -0.1) is 0 Å². The van der Waals surface area contributed by atoms with Crippen LogP contribution in [0.15, 0.2) is 24.0 Å². The van der Waals surface area contributed by atoms with Crippen LogP contribution < -0.4 is 0 Å². The van der Waals surface area contributed by atoms with Crippen molar-refractivity contribution in [2.24, 2.45) is 0 Å². The molecule has 0 fully saturated rings. The molecule has 0 saturated heterocycles. The zero-order valence-corrected chi connectivity index (χ0v) is 8.41. The van der Waals surface area contributed by atoms with Gasteiger partial charge in [-0.3, -0.25) is 0 Å². The summed E-state index contributed by atoms with van der Waals surface area (Å²) in [5.41, 5.74) is 0. The molecular weight excluding hydrogens is 148 g/mol. The van der Waals surface area contributed by atoms with Crippen LogP contribution >= 0.6 is 0 Å². The minimum absolute atomic E-state index is 0.573. The van der Waals surface area contributed by atoms with Crippen molar-refractivity contribution < 1.29 is 0 Å². The van der Waals surface area contributed by atoms with Crippen molar-refractivity contribution in [2.75, 3.05) is 20.6 Å². The summed E-state index contributed by atoms with van der Waals surface area (Å²) in [5, 5.41) is 0. The van der Waals surface area contributed by atoms with E-state index >= 15 is 0 Å². The van der Waals surface area contributed by atoms with Gasteiger partial charge in [-0.05, 0) is 19.9 Å². The molecule has 0 aromatic carbocycles. The maximum atomic E-state index is 2.38. The van der Waals surface area contributed by atoms with Gasteiger partial charge >= 0.3 is 0 Å². The number of allylic oxidation sites excluding steroid dienone is 2. The highest BCUT2D eigenvalue weighted by molar-refractivity contribution is 5.16. The Morgan fingerprint density at radius 3 is 2.50 bits per heavy atom. The molecule has 1 heterocycles. The topological polar surface area (TPSA) is 6.48 Å². The summed E-state index contributed by atoms with van der Waals surface area (Å²) in [6.45, 7) is 5.47. The van der Waals surface area contributed by atoms with E-state index in [1.54, 1.807) is 0 Å². The highest BCUT2D eigenvalue weighted by atomic mass is 15.3. The second-order valence-electron chi connectivity index (χ2n) is 3.59. The smallest absolute Gasteiger partial charge is 0.104 e. The lowest BCUT2D eigenvalue weighted by Crippen LogP contribution is -2.37. The molecule has 0 bridgehead atoms. The minimum atomic E-state index is 0.573. The van der Waals surface area contributed by atoms with Gasteiger partial charge in [0.25, 0.3) is 0 Å². The molecule has 0 amide bonds. The van der Waals surface area contributed by atoms with Gasteiger partial charge in [0.05, 0.1) is 0 Å². The number of rotatable bonds is 2. The molecule has 2 nitrogen and oxygen atoms in total. The zero-order valence-electron chi connectivity index (χ0n) is 8.41. The van der Waals surface area contributed by atoms with Crippen LogP contribution in [-0.2, 0) is 0 Å². The molecule has 0 aliphatic carbocycles. The van der Waals surface area contributed by atoms with Crippen LogP contribution in [0.1, 0.15) is 13.8 Å². The van der Waals surface area contributed by atoms with Crippen molar-refractivity contribution in [3.8, 4) is 0 Å². The van der Waals surface area contributed by atoms with Gasteiger partial charge in [0, 0.05) is 26.7 Å². The van der Waals surface area contributed by atoms with E-state index in [2.05, 4.69) is 56.0 Å². The molecule has 12 heavy (non-hydrogen) atoms. The van der Waals surface area contributed by atoms with Crippen LogP contribution in [0.3, 0.4) is 0 Å². The molecule has 0 aromatic rings. The maximum absolute atomic E-state index is 2.38. The standard InChI is InChI=1S/C10H18N2/c1-9(2)12-8-6-5-7-10(12)11(3)4/h5-7,9H,8H2,1-4H3. The molecule has 0 N–H and O–H groups in total. The summed E-state index contributed by atoms with van der Waals surface area (Å²) in [6, 6.07) is 0.573. The fraction of sp³-hybridized carbons (Fsp3) is 0.600. The van der Waals surface area contributed by atoms with Gasteiger partial charge in [0.2, 0.25) is 0 Å². The molecule has 1 aliphatic rings. The summed E-state index contributed by atoms with van der Waals surface area (Å²) in [7, 11) is 4.17. The first-order valence-electron chi connectivity index (χ1n) is 4.43. The molecular formula is C10H18N2.